The van der Waals surface area contributed by atoms with Crippen LogP contribution in [-0.2, 0) is 41.8 Å². The van der Waals surface area contributed by atoms with Gasteiger partial charge in [-0.15, -0.1) is 0 Å². The Balaban J connectivity index is 1.78. The fourth-order valence-electron chi connectivity index (χ4n) is 2.78. The molecule has 2 aromatic carbocycles. The van der Waals surface area contributed by atoms with Crippen molar-refractivity contribution in [2.75, 3.05) is 20.0 Å². The number of aromatic nitrogens is 1. The summed E-state index contributed by atoms with van der Waals surface area (Å²) in [6, 6.07) is 18.8. The minimum absolute atomic E-state index is 0.0311. The lowest BCUT2D eigenvalue weighted by atomic mass is 10.1. The van der Waals surface area contributed by atoms with Crippen molar-refractivity contribution in [1.82, 2.24) is 4.98 Å². The molecule has 3 rings (SSSR count). The molecule has 1 heterocycles. The monoisotopic (exact) mass is 509 g/mol. The molecule has 0 unspecified atom stereocenters. The van der Waals surface area contributed by atoms with E-state index >= 15 is 0 Å². The molecule has 0 saturated carbocycles. The fraction of sp³-hybridized carbons (Fsp3) is 0.192. The molecule has 0 aliphatic heterocycles. The SMILES string of the molecule is COC(=O)COc1ccc(C#Cc2cc(COS(C)(=O)=O)nc(C(=O)OCc3ccccc3)c2)cc1. The number of carbonyl (C=O) groups excluding carboxylic acids is 2. The predicted octanol–water partition coefficient (Wildman–Crippen LogP) is 2.87. The van der Waals surface area contributed by atoms with E-state index in [4.69, 9.17) is 13.7 Å². The average Bonchev–Trinajstić information content (AvgIpc) is 2.88. The molecule has 0 aliphatic carbocycles. The average molecular weight is 510 g/mol. The Morgan fingerprint density at radius 1 is 0.917 bits per heavy atom. The van der Waals surface area contributed by atoms with Crippen molar-refractivity contribution < 1.29 is 36.4 Å². The molecule has 1 aromatic heterocycles. The molecule has 186 valence electrons. The largest absolute Gasteiger partial charge is 0.482 e. The van der Waals surface area contributed by atoms with Crippen LogP contribution >= 0.6 is 0 Å². The molecule has 0 atom stereocenters. The van der Waals surface area contributed by atoms with E-state index in [1.807, 2.05) is 30.3 Å². The van der Waals surface area contributed by atoms with Gasteiger partial charge in [-0.25, -0.2) is 14.6 Å². The van der Waals surface area contributed by atoms with Crippen LogP contribution in [0.3, 0.4) is 0 Å². The van der Waals surface area contributed by atoms with Crippen LogP contribution in [0.1, 0.15) is 32.9 Å². The number of ether oxygens (including phenoxy) is 3. The van der Waals surface area contributed by atoms with Crippen LogP contribution in [0.4, 0.5) is 0 Å². The van der Waals surface area contributed by atoms with Crippen LogP contribution in [0.5, 0.6) is 5.75 Å². The molecular weight excluding hydrogens is 486 g/mol. The summed E-state index contributed by atoms with van der Waals surface area (Å²) in [7, 11) is -2.44. The van der Waals surface area contributed by atoms with Gasteiger partial charge in [0.05, 0.1) is 19.1 Å². The topological polar surface area (TPSA) is 118 Å². The van der Waals surface area contributed by atoms with Crippen molar-refractivity contribution >= 4 is 22.1 Å². The van der Waals surface area contributed by atoms with E-state index in [1.54, 1.807) is 24.3 Å². The van der Waals surface area contributed by atoms with Crippen LogP contribution in [0.25, 0.3) is 0 Å². The number of pyridine rings is 1. The van der Waals surface area contributed by atoms with Gasteiger partial charge in [-0.05, 0) is 42.0 Å². The van der Waals surface area contributed by atoms with Crippen LogP contribution in [0, 0.1) is 11.8 Å². The molecule has 3 aromatic rings. The normalized spacial score (nSPS) is 10.6. The number of hydrogen-bond donors (Lipinski definition) is 0. The third-order valence-electron chi connectivity index (χ3n) is 4.51. The smallest absolute Gasteiger partial charge is 0.357 e. The Hall–Kier alpha value is -4.20. The summed E-state index contributed by atoms with van der Waals surface area (Å²) in [6.45, 7) is -0.517. The summed E-state index contributed by atoms with van der Waals surface area (Å²) in [4.78, 5) is 28.0. The van der Waals surface area contributed by atoms with Crippen LogP contribution in [0.2, 0.25) is 0 Å². The van der Waals surface area contributed by atoms with Crippen molar-refractivity contribution in [3.8, 4) is 17.6 Å². The van der Waals surface area contributed by atoms with Gasteiger partial charge in [0, 0.05) is 11.1 Å². The van der Waals surface area contributed by atoms with Gasteiger partial charge in [-0.1, -0.05) is 42.2 Å². The van der Waals surface area contributed by atoms with Gasteiger partial charge in [0.25, 0.3) is 10.1 Å². The first-order valence-corrected chi connectivity index (χ1v) is 12.4. The second-order valence-electron chi connectivity index (χ2n) is 7.40. The van der Waals surface area contributed by atoms with Gasteiger partial charge >= 0.3 is 11.9 Å². The predicted molar refractivity (Wildman–Crippen MR) is 129 cm³/mol. The van der Waals surface area contributed by atoms with Crippen LogP contribution < -0.4 is 4.74 Å². The Labute approximate surface area is 209 Å². The van der Waals surface area contributed by atoms with Crippen molar-refractivity contribution in [3.63, 3.8) is 0 Å². The Morgan fingerprint density at radius 2 is 1.61 bits per heavy atom. The molecule has 0 N–H and O–H groups in total. The first-order valence-electron chi connectivity index (χ1n) is 10.6. The lowest BCUT2D eigenvalue weighted by molar-refractivity contribution is -0.142. The molecule has 0 fully saturated rings. The van der Waals surface area contributed by atoms with Crippen molar-refractivity contribution in [1.29, 1.82) is 0 Å². The summed E-state index contributed by atoms with van der Waals surface area (Å²) in [5.41, 5.74) is 2.03. The minimum Gasteiger partial charge on any atom is -0.482 e. The highest BCUT2D eigenvalue weighted by Crippen LogP contribution is 2.13. The molecule has 0 saturated heterocycles. The van der Waals surface area contributed by atoms with E-state index in [0.717, 1.165) is 11.8 Å². The highest BCUT2D eigenvalue weighted by Gasteiger charge is 2.14. The molecule has 9 nitrogen and oxygen atoms in total. The Bertz CT molecular complexity index is 1370. The lowest BCUT2D eigenvalue weighted by Gasteiger charge is -2.07. The van der Waals surface area contributed by atoms with Crippen molar-refractivity contribution in [3.05, 3.63) is 94.8 Å². The second kappa shape index (κ2) is 12.5. The first kappa shape index (κ1) is 26.4. The van der Waals surface area contributed by atoms with E-state index in [-0.39, 0.29) is 31.2 Å². The molecule has 36 heavy (non-hydrogen) atoms. The lowest BCUT2D eigenvalue weighted by Crippen LogP contribution is -2.12. The van der Waals surface area contributed by atoms with E-state index in [2.05, 4.69) is 21.6 Å². The maximum absolute atomic E-state index is 12.6. The second-order valence-corrected chi connectivity index (χ2v) is 9.04. The molecule has 0 radical (unpaired) electrons. The standard InChI is InChI=1S/C26H23NO8S/c1-32-25(28)18-33-23-12-10-19(11-13-23)8-9-21-14-22(17-35-36(2,30)31)27-24(15-21)26(29)34-16-20-6-4-3-5-7-20/h3-7,10-15H,16-18H2,1-2H3. The molecule has 10 heteroatoms. The Morgan fingerprint density at radius 3 is 2.28 bits per heavy atom. The number of nitrogens with zero attached hydrogens (tertiary/aromatic N) is 1. The first-order chi connectivity index (χ1) is 17.2. The Kier molecular flexibility index (Phi) is 9.16. The summed E-state index contributed by atoms with van der Waals surface area (Å²) in [5, 5.41) is 0. The summed E-state index contributed by atoms with van der Waals surface area (Å²) in [6.07, 6.45) is 0.921. The zero-order chi connectivity index (χ0) is 26.0. The third-order valence-corrected chi connectivity index (χ3v) is 5.06. The van der Waals surface area contributed by atoms with Gasteiger partial charge in [0.15, 0.2) is 6.61 Å². The molecular formula is C26H23NO8S. The maximum atomic E-state index is 12.6. The number of carbonyl (C=O) groups is 2. The van der Waals surface area contributed by atoms with Gasteiger partial charge in [0.2, 0.25) is 0 Å². The summed E-state index contributed by atoms with van der Waals surface area (Å²) >= 11 is 0. The number of methoxy groups -OCH3 is 1. The highest BCUT2D eigenvalue weighted by atomic mass is 32.2. The van der Waals surface area contributed by atoms with Crippen LogP contribution in [0.15, 0.2) is 66.7 Å². The van der Waals surface area contributed by atoms with E-state index in [0.29, 0.717) is 16.9 Å². The minimum atomic E-state index is -3.72. The number of benzene rings is 2. The van der Waals surface area contributed by atoms with Gasteiger partial charge < -0.3 is 14.2 Å². The number of rotatable bonds is 9. The summed E-state index contributed by atoms with van der Waals surface area (Å²) in [5.74, 6) is 5.17. The molecule has 0 aliphatic rings. The maximum Gasteiger partial charge on any atom is 0.357 e. The van der Waals surface area contributed by atoms with Gasteiger partial charge in [-0.3, -0.25) is 4.18 Å². The van der Waals surface area contributed by atoms with Crippen LogP contribution in [-0.4, -0.2) is 45.3 Å². The zero-order valence-electron chi connectivity index (χ0n) is 19.6. The number of hydrogen-bond acceptors (Lipinski definition) is 9. The van der Waals surface area contributed by atoms with E-state index < -0.39 is 22.1 Å². The molecule has 0 bridgehead atoms. The molecule has 0 spiro atoms. The van der Waals surface area contributed by atoms with Gasteiger partial charge in [-0.2, -0.15) is 8.42 Å². The molecule has 0 amide bonds. The zero-order valence-corrected chi connectivity index (χ0v) is 20.4. The quantitative estimate of drug-likeness (QED) is 0.244. The van der Waals surface area contributed by atoms with E-state index in [9.17, 15) is 18.0 Å². The number of esters is 2. The van der Waals surface area contributed by atoms with Crippen molar-refractivity contribution in [2.24, 2.45) is 0 Å². The third kappa shape index (κ3) is 8.87. The van der Waals surface area contributed by atoms with Crippen molar-refractivity contribution in [2.45, 2.75) is 13.2 Å². The summed E-state index contributed by atoms with van der Waals surface area (Å²) < 4.78 is 42.8. The fourth-order valence-corrected chi connectivity index (χ4v) is 3.12. The van der Waals surface area contributed by atoms with E-state index in [1.165, 1.54) is 19.2 Å². The van der Waals surface area contributed by atoms with Gasteiger partial charge in [0.1, 0.15) is 24.7 Å². The highest BCUT2D eigenvalue weighted by molar-refractivity contribution is 7.85.